The van der Waals surface area contributed by atoms with E-state index in [-0.39, 0.29) is 0 Å². The Bertz CT molecular complexity index is 94.7. The molecule has 1 N–H and O–H groups in total. The zero-order chi connectivity index (χ0) is 11.2. The average molecular weight is 215 g/mol. The van der Waals surface area contributed by atoms with Gasteiger partial charge in [0.2, 0.25) is 0 Å². The van der Waals surface area contributed by atoms with Crippen LogP contribution in [0.5, 0.6) is 0 Å². The van der Waals surface area contributed by atoms with Crippen molar-refractivity contribution in [1.29, 1.82) is 0 Å². The third kappa shape index (κ3) is 13.9. The lowest BCUT2D eigenvalue weighted by Gasteiger charge is -2.02. The van der Waals surface area contributed by atoms with Gasteiger partial charge < -0.3 is 4.84 Å². The first-order chi connectivity index (χ1) is 7.41. The molecule has 0 unspecified atom stereocenters. The van der Waals surface area contributed by atoms with Crippen LogP contribution >= 0.6 is 0 Å². The topological polar surface area (TPSA) is 21.3 Å². The number of rotatable bonds is 12. The minimum absolute atomic E-state index is 0.854. The second-order valence-corrected chi connectivity index (χ2v) is 4.23. The standard InChI is InChI=1S/C13H29NO/c1-3-4-5-6-7-8-9-10-11-12-13-15-14-2/h14H,3-13H2,1-2H3. The molecule has 0 fully saturated rings. The van der Waals surface area contributed by atoms with Gasteiger partial charge in [0.1, 0.15) is 0 Å². The van der Waals surface area contributed by atoms with E-state index < -0.39 is 0 Å². The summed E-state index contributed by atoms with van der Waals surface area (Å²) in [5, 5.41) is 0. The molecule has 0 aliphatic carbocycles. The summed E-state index contributed by atoms with van der Waals surface area (Å²) in [6, 6.07) is 0. The van der Waals surface area contributed by atoms with Gasteiger partial charge in [0.15, 0.2) is 0 Å². The van der Waals surface area contributed by atoms with Crippen LogP contribution in [0.4, 0.5) is 0 Å². The highest BCUT2D eigenvalue weighted by Gasteiger charge is 1.92. The molecular weight excluding hydrogens is 186 g/mol. The van der Waals surface area contributed by atoms with E-state index in [1.807, 2.05) is 7.05 Å². The number of unbranched alkanes of at least 4 members (excludes halogenated alkanes) is 9. The van der Waals surface area contributed by atoms with Crippen LogP contribution in [0.1, 0.15) is 71.1 Å². The molecule has 0 aliphatic heterocycles. The molecular formula is C13H29NO. The number of hydrogen-bond donors (Lipinski definition) is 1. The Balaban J connectivity index is 2.81. The summed E-state index contributed by atoms with van der Waals surface area (Å²) in [7, 11) is 1.82. The Morgan fingerprint density at radius 3 is 1.67 bits per heavy atom. The van der Waals surface area contributed by atoms with Crippen molar-refractivity contribution in [3.05, 3.63) is 0 Å². The minimum atomic E-state index is 0.854. The number of hydrogen-bond acceptors (Lipinski definition) is 2. The summed E-state index contributed by atoms with van der Waals surface area (Å²) in [4.78, 5) is 5.06. The quantitative estimate of drug-likeness (QED) is 0.391. The van der Waals surface area contributed by atoms with Crippen LogP contribution in [-0.2, 0) is 4.84 Å². The van der Waals surface area contributed by atoms with Gasteiger partial charge in [-0.2, -0.15) is 0 Å². The first-order valence-corrected chi connectivity index (χ1v) is 6.70. The molecule has 0 radical (unpaired) electrons. The predicted molar refractivity (Wildman–Crippen MR) is 66.9 cm³/mol. The first kappa shape index (κ1) is 14.9. The molecule has 0 heterocycles. The van der Waals surface area contributed by atoms with Gasteiger partial charge in [-0.25, -0.2) is 5.48 Å². The lowest BCUT2D eigenvalue weighted by atomic mass is 10.1. The van der Waals surface area contributed by atoms with Crippen LogP contribution in [0.2, 0.25) is 0 Å². The SMILES string of the molecule is CCCCCCCCCCCCONC. The fraction of sp³-hybridized carbons (Fsp3) is 1.00. The van der Waals surface area contributed by atoms with Crippen molar-refractivity contribution in [3.8, 4) is 0 Å². The monoisotopic (exact) mass is 215 g/mol. The molecule has 0 bridgehead atoms. The molecule has 0 atom stereocenters. The van der Waals surface area contributed by atoms with Crippen LogP contribution in [0.15, 0.2) is 0 Å². The van der Waals surface area contributed by atoms with Crippen molar-refractivity contribution in [2.75, 3.05) is 13.7 Å². The highest BCUT2D eigenvalue weighted by atomic mass is 16.6. The zero-order valence-corrected chi connectivity index (χ0v) is 10.7. The van der Waals surface area contributed by atoms with E-state index in [0.717, 1.165) is 6.61 Å². The first-order valence-electron chi connectivity index (χ1n) is 6.70. The summed E-state index contributed by atoms with van der Waals surface area (Å²) in [5.41, 5.74) is 2.70. The van der Waals surface area contributed by atoms with Gasteiger partial charge in [0, 0.05) is 7.05 Å². The molecule has 0 saturated carbocycles. The maximum absolute atomic E-state index is 5.06. The van der Waals surface area contributed by atoms with Crippen LogP contribution in [0.25, 0.3) is 0 Å². The van der Waals surface area contributed by atoms with E-state index in [4.69, 9.17) is 4.84 Å². The normalized spacial score (nSPS) is 10.8. The van der Waals surface area contributed by atoms with Gasteiger partial charge in [-0.1, -0.05) is 64.7 Å². The van der Waals surface area contributed by atoms with Crippen molar-refractivity contribution in [3.63, 3.8) is 0 Å². The van der Waals surface area contributed by atoms with Crippen molar-refractivity contribution in [2.45, 2.75) is 71.1 Å². The molecule has 0 saturated heterocycles. The molecule has 2 nitrogen and oxygen atoms in total. The van der Waals surface area contributed by atoms with E-state index in [1.54, 1.807) is 0 Å². The summed E-state index contributed by atoms with van der Waals surface area (Å²) in [6.45, 7) is 3.13. The lowest BCUT2D eigenvalue weighted by Crippen LogP contribution is -2.07. The maximum Gasteiger partial charge on any atom is 0.0682 e. The summed E-state index contributed by atoms with van der Waals surface area (Å²) < 4.78 is 0. The van der Waals surface area contributed by atoms with Gasteiger partial charge in [-0.15, -0.1) is 0 Å². The molecule has 2 heteroatoms. The summed E-state index contributed by atoms with van der Waals surface area (Å²) in [5.74, 6) is 0. The molecule has 0 aliphatic rings. The van der Waals surface area contributed by atoms with Gasteiger partial charge in [-0.3, -0.25) is 0 Å². The zero-order valence-electron chi connectivity index (χ0n) is 10.7. The number of hydroxylamine groups is 1. The predicted octanol–water partition coefficient (Wildman–Crippen LogP) is 4.06. The summed E-state index contributed by atoms with van der Waals surface area (Å²) >= 11 is 0. The Labute approximate surface area is 95.7 Å². The van der Waals surface area contributed by atoms with E-state index in [9.17, 15) is 0 Å². The fourth-order valence-corrected chi connectivity index (χ4v) is 1.76. The summed E-state index contributed by atoms with van der Waals surface area (Å²) in [6.07, 6.45) is 13.8. The highest BCUT2D eigenvalue weighted by Crippen LogP contribution is 2.10. The second-order valence-electron chi connectivity index (χ2n) is 4.23. The Kier molecular flexibility index (Phi) is 13.8. The third-order valence-corrected chi connectivity index (χ3v) is 2.74. The molecule has 0 spiro atoms. The van der Waals surface area contributed by atoms with Crippen molar-refractivity contribution < 1.29 is 4.84 Å². The van der Waals surface area contributed by atoms with Gasteiger partial charge in [0.05, 0.1) is 6.61 Å². The van der Waals surface area contributed by atoms with E-state index in [1.165, 1.54) is 64.2 Å². The van der Waals surface area contributed by atoms with E-state index in [2.05, 4.69) is 12.4 Å². The van der Waals surface area contributed by atoms with Gasteiger partial charge in [0.25, 0.3) is 0 Å². The van der Waals surface area contributed by atoms with E-state index in [0.29, 0.717) is 0 Å². The number of nitrogens with one attached hydrogen (secondary N) is 1. The average Bonchev–Trinajstić information content (AvgIpc) is 2.26. The molecule has 0 aromatic heterocycles. The third-order valence-electron chi connectivity index (χ3n) is 2.74. The Hall–Kier alpha value is -0.0800. The van der Waals surface area contributed by atoms with Crippen LogP contribution in [-0.4, -0.2) is 13.7 Å². The van der Waals surface area contributed by atoms with Crippen LogP contribution in [0.3, 0.4) is 0 Å². The Morgan fingerprint density at radius 1 is 0.733 bits per heavy atom. The molecule has 0 rings (SSSR count). The van der Waals surface area contributed by atoms with E-state index >= 15 is 0 Å². The van der Waals surface area contributed by atoms with Gasteiger partial charge >= 0.3 is 0 Å². The molecule has 92 valence electrons. The molecule has 0 aromatic carbocycles. The van der Waals surface area contributed by atoms with Crippen LogP contribution < -0.4 is 5.48 Å². The van der Waals surface area contributed by atoms with Crippen molar-refractivity contribution in [1.82, 2.24) is 5.48 Å². The van der Waals surface area contributed by atoms with Crippen molar-refractivity contribution in [2.24, 2.45) is 0 Å². The maximum atomic E-state index is 5.06. The lowest BCUT2D eigenvalue weighted by molar-refractivity contribution is 0.0550. The Morgan fingerprint density at radius 2 is 1.20 bits per heavy atom. The smallest absolute Gasteiger partial charge is 0.0682 e. The van der Waals surface area contributed by atoms with Crippen molar-refractivity contribution >= 4 is 0 Å². The van der Waals surface area contributed by atoms with Crippen LogP contribution in [0, 0.1) is 0 Å². The second kappa shape index (κ2) is 13.9. The van der Waals surface area contributed by atoms with Gasteiger partial charge in [-0.05, 0) is 6.42 Å². The molecule has 15 heavy (non-hydrogen) atoms. The molecule has 0 aromatic rings. The highest BCUT2D eigenvalue weighted by molar-refractivity contribution is 4.46. The molecule has 0 amide bonds. The fourth-order valence-electron chi connectivity index (χ4n) is 1.76. The minimum Gasteiger partial charge on any atom is -0.302 e. The largest absolute Gasteiger partial charge is 0.302 e.